The Morgan fingerprint density at radius 1 is 0.913 bits per heavy atom. The van der Waals surface area contributed by atoms with Crippen LogP contribution in [0.15, 0.2) is 71.9 Å². The molecule has 23 heavy (non-hydrogen) atoms. The van der Waals surface area contributed by atoms with E-state index in [1.807, 2.05) is 42.5 Å². The van der Waals surface area contributed by atoms with Crippen molar-refractivity contribution < 1.29 is 4.74 Å². The van der Waals surface area contributed by atoms with Crippen LogP contribution >= 0.6 is 0 Å². The summed E-state index contributed by atoms with van der Waals surface area (Å²) in [6, 6.07) is 17.9. The van der Waals surface area contributed by atoms with Gasteiger partial charge in [-0.1, -0.05) is 48.5 Å². The van der Waals surface area contributed by atoms with Gasteiger partial charge in [0, 0.05) is 6.42 Å². The average Bonchev–Trinajstić information content (AvgIpc) is 3.10. The summed E-state index contributed by atoms with van der Waals surface area (Å²) in [5, 5.41) is 0. The molecule has 0 atom stereocenters. The number of benzene rings is 2. The summed E-state index contributed by atoms with van der Waals surface area (Å²) in [5.41, 5.74) is 4.84. The predicted octanol–water partition coefficient (Wildman–Crippen LogP) is 3.89. The summed E-state index contributed by atoms with van der Waals surface area (Å²) in [6.45, 7) is 0.430. The fraction of sp³-hybridized carbons (Fsp3) is 0.105. The third-order valence-corrected chi connectivity index (χ3v) is 3.69. The number of rotatable bonds is 4. The van der Waals surface area contributed by atoms with E-state index in [9.17, 15) is 0 Å². The average molecular weight is 301 g/mol. The van der Waals surface area contributed by atoms with E-state index >= 15 is 0 Å². The first kappa shape index (κ1) is 13.6. The lowest BCUT2D eigenvalue weighted by molar-refractivity contribution is 0.360. The maximum Gasteiger partial charge on any atom is 0.233 e. The van der Waals surface area contributed by atoms with Gasteiger partial charge in [-0.2, -0.15) is 0 Å². The Kier molecular flexibility index (Phi) is 3.56. The SMILES string of the molecule is C1=C(c2ccccc2)N=C(COc2cnc3ccccc3n2)C1. The fourth-order valence-corrected chi connectivity index (χ4v) is 2.53. The standard InChI is InChI=1S/C19H15N3O/c1-2-6-14(7-3-1)16-11-10-15(21-16)13-23-19-12-20-17-8-4-5-9-18(17)22-19/h1-9,11-12H,10,13H2. The van der Waals surface area contributed by atoms with Crippen LogP contribution in [-0.2, 0) is 0 Å². The van der Waals surface area contributed by atoms with Crippen LogP contribution in [0.2, 0.25) is 0 Å². The van der Waals surface area contributed by atoms with Crippen LogP contribution < -0.4 is 4.74 Å². The molecule has 0 aliphatic carbocycles. The Labute approximate surface area is 134 Å². The van der Waals surface area contributed by atoms with Gasteiger partial charge in [-0.15, -0.1) is 0 Å². The van der Waals surface area contributed by atoms with Crippen molar-refractivity contribution in [1.29, 1.82) is 0 Å². The Morgan fingerprint density at radius 2 is 1.70 bits per heavy atom. The largest absolute Gasteiger partial charge is 0.470 e. The maximum atomic E-state index is 5.74. The van der Waals surface area contributed by atoms with Gasteiger partial charge in [0.15, 0.2) is 0 Å². The first-order valence-electron chi connectivity index (χ1n) is 7.55. The summed E-state index contributed by atoms with van der Waals surface area (Å²) in [7, 11) is 0. The van der Waals surface area contributed by atoms with Crippen molar-refractivity contribution in [3.05, 3.63) is 72.4 Å². The normalized spacial score (nSPS) is 13.7. The number of aliphatic imine (C=N–C) groups is 1. The molecule has 0 radical (unpaired) electrons. The maximum absolute atomic E-state index is 5.74. The van der Waals surface area contributed by atoms with Gasteiger partial charge in [-0.05, 0) is 17.7 Å². The van der Waals surface area contributed by atoms with Crippen LogP contribution in [-0.4, -0.2) is 22.3 Å². The Hall–Kier alpha value is -3.01. The van der Waals surface area contributed by atoms with E-state index < -0.39 is 0 Å². The van der Waals surface area contributed by atoms with Gasteiger partial charge in [-0.3, -0.25) is 4.99 Å². The minimum Gasteiger partial charge on any atom is -0.470 e. The van der Waals surface area contributed by atoms with E-state index in [-0.39, 0.29) is 0 Å². The lowest BCUT2D eigenvalue weighted by Crippen LogP contribution is -2.09. The fourth-order valence-electron chi connectivity index (χ4n) is 2.53. The summed E-state index contributed by atoms with van der Waals surface area (Å²) >= 11 is 0. The van der Waals surface area contributed by atoms with Crippen LogP contribution in [0.4, 0.5) is 0 Å². The van der Waals surface area contributed by atoms with Crippen LogP contribution in [0.3, 0.4) is 0 Å². The van der Waals surface area contributed by atoms with Crippen LogP contribution in [0.5, 0.6) is 5.88 Å². The molecule has 0 bridgehead atoms. The van der Waals surface area contributed by atoms with Gasteiger partial charge in [0.25, 0.3) is 0 Å². The molecule has 1 aliphatic rings. The van der Waals surface area contributed by atoms with E-state index in [2.05, 4.69) is 33.2 Å². The lowest BCUT2D eigenvalue weighted by atomic mass is 10.1. The number of hydrogen-bond acceptors (Lipinski definition) is 4. The molecule has 0 unspecified atom stereocenters. The van der Waals surface area contributed by atoms with Gasteiger partial charge in [0.1, 0.15) is 6.61 Å². The molecule has 0 amide bonds. The summed E-state index contributed by atoms with van der Waals surface area (Å²) in [6.07, 6.45) is 4.59. The molecule has 2 heterocycles. The van der Waals surface area contributed by atoms with Crippen molar-refractivity contribution in [2.24, 2.45) is 4.99 Å². The van der Waals surface area contributed by atoms with E-state index in [1.54, 1.807) is 6.20 Å². The zero-order chi connectivity index (χ0) is 15.5. The number of aromatic nitrogens is 2. The molecule has 0 spiro atoms. The van der Waals surface area contributed by atoms with Gasteiger partial charge in [0.2, 0.25) is 5.88 Å². The minimum atomic E-state index is 0.430. The number of nitrogens with zero attached hydrogens (tertiary/aromatic N) is 3. The third-order valence-electron chi connectivity index (χ3n) is 3.69. The van der Waals surface area contributed by atoms with Crippen molar-refractivity contribution in [2.45, 2.75) is 6.42 Å². The van der Waals surface area contributed by atoms with Crippen molar-refractivity contribution >= 4 is 22.4 Å². The summed E-state index contributed by atoms with van der Waals surface area (Å²) < 4.78 is 5.74. The monoisotopic (exact) mass is 301 g/mol. The molecule has 4 heteroatoms. The topological polar surface area (TPSA) is 47.4 Å². The van der Waals surface area contributed by atoms with E-state index in [0.717, 1.165) is 34.4 Å². The summed E-state index contributed by atoms with van der Waals surface area (Å²) in [4.78, 5) is 13.4. The quantitative estimate of drug-likeness (QED) is 0.734. The second-order valence-corrected chi connectivity index (χ2v) is 5.32. The second kappa shape index (κ2) is 6.01. The van der Waals surface area contributed by atoms with Gasteiger partial charge < -0.3 is 4.74 Å². The van der Waals surface area contributed by atoms with E-state index in [4.69, 9.17) is 4.74 Å². The molecular formula is C19H15N3O. The highest BCUT2D eigenvalue weighted by molar-refractivity contribution is 5.96. The first-order chi connectivity index (χ1) is 11.4. The second-order valence-electron chi connectivity index (χ2n) is 5.32. The predicted molar refractivity (Wildman–Crippen MR) is 91.5 cm³/mol. The Morgan fingerprint density at radius 3 is 2.57 bits per heavy atom. The van der Waals surface area contributed by atoms with Crippen molar-refractivity contribution in [2.75, 3.05) is 6.61 Å². The molecular weight excluding hydrogens is 286 g/mol. The van der Waals surface area contributed by atoms with Gasteiger partial charge in [0.05, 0.1) is 28.6 Å². The molecule has 112 valence electrons. The zero-order valence-electron chi connectivity index (χ0n) is 12.5. The van der Waals surface area contributed by atoms with Crippen molar-refractivity contribution in [1.82, 2.24) is 9.97 Å². The molecule has 1 aromatic heterocycles. The number of fused-ring (bicyclic) bond motifs is 1. The molecule has 0 saturated heterocycles. The van der Waals surface area contributed by atoms with E-state index in [0.29, 0.717) is 12.5 Å². The Bertz CT molecular complexity index is 901. The van der Waals surface area contributed by atoms with Crippen molar-refractivity contribution in [3.8, 4) is 5.88 Å². The van der Waals surface area contributed by atoms with Crippen LogP contribution in [0, 0.1) is 0 Å². The molecule has 3 aromatic rings. The summed E-state index contributed by atoms with van der Waals surface area (Å²) in [5.74, 6) is 0.527. The van der Waals surface area contributed by atoms with Gasteiger partial charge in [-0.25, -0.2) is 9.97 Å². The van der Waals surface area contributed by atoms with Gasteiger partial charge >= 0.3 is 0 Å². The minimum absolute atomic E-state index is 0.430. The Balaban J connectivity index is 1.45. The molecule has 0 fully saturated rings. The molecule has 2 aromatic carbocycles. The number of para-hydroxylation sites is 2. The number of hydrogen-bond donors (Lipinski definition) is 0. The highest BCUT2D eigenvalue weighted by Gasteiger charge is 2.11. The zero-order valence-corrected chi connectivity index (χ0v) is 12.5. The molecule has 0 saturated carbocycles. The molecule has 4 rings (SSSR count). The van der Waals surface area contributed by atoms with Crippen LogP contribution in [0.1, 0.15) is 12.0 Å². The third kappa shape index (κ3) is 2.97. The smallest absolute Gasteiger partial charge is 0.233 e. The molecule has 1 aliphatic heterocycles. The molecule has 4 nitrogen and oxygen atoms in total. The highest BCUT2D eigenvalue weighted by atomic mass is 16.5. The highest BCUT2D eigenvalue weighted by Crippen LogP contribution is 2.22. The number of ether oxygens (including phenoxy) is 1. The first-order valence-corrected chi connectivity index (χ1v) is 7.55. The lowest BCUT2D eigenvalue weighted by Gasteiger charge is -2.05. The van der Waals surface area contributed by atoms with Crippen LogP contribution in [0.25, 0.3) is 16.7 Å². The van der Waals surface area contributed by atoms with E-state index in [1.165, 1.54) is 0 Å². The van der Waals surface area contributed by atoms with Crippen molar-refractivity contribution in [3.63, 3.8) is 0 Å². The molecule has 0 N–H and O–H groups in total. The number of allylic oxidation sites excluding steroid dienone is 1.